The number of primary amides is 1. The maximum absolute atomic E-state index is 14.2. The fraction of sp³-hybridized carbons (Fsp3) is 0.154. The molecule has 3 unspecified atom stereocenters. The second-order valence-corrected chi connectivity index (χ2v) is 8.63. The first-order valence-electron chi connectivity index (χ1n) is 10.8. The standard InChI is InChI=1S/C26H23FN4O3S/c1-15(16-8-3-6-12-21(16)30-23(32)17-9-2-5-11-20(17)27)26(34)18-10-4-7-13-22(18)29-14-19(26)24(35)31-25(28)33/h2-15,19,34H,1H3,(H,30,32)(H3,28,31,33,35). The van der Waals surface area contributed by atoms with Gasteiger partial charge < -0.3 is 21.5 Å². The van der Waals surface area contributed by atoms with Crippen molar-refractivity contribution in [1.29, 1.82) is 0 Å². The summed E-state index contributed by atoms with van der Waals surface area (Å²) in [5.74, 6) is -2.83. The fourth-order valence-corrected chi connectivity index (χ4v) is 4.73. The van der Waals surface area contributed by atoms with E-state index in [9.17, 15) is 19.1 Å². The number of nitrogens with two attached hydrogens (primary N) is 1. The number of aliphatic imine (C=N–C) groups is 1. The smallest absolute Gasteiger partial charge is 0.317 e. The van der Waals surface area contributed by atoms with E-state index in [1.807, 2.05) is 0 Å². The van der Waals surface area contributed by atoms with Crippen molar-refractivity contribution in [3.05, 3.63) is 95.3 Å². The monoisotopic (exact) mass is 490 g/mol. The van der Waals surface area contributed by atoms with Gasteiger partial charge in [0.1, 0.15) is 11.4 Å². The number of hydrogen-bond donors (Lipinski definition) is 4. The van der Waals surface area contributed by atoms with Gasteiger partial charge in [-0.25, -0.2) is 9.18 Å². The van der Waals surface area contributed by atoms with Crippen molar-refractivity contribution in [2.24, 2.45) is 16.6 Å². The summed E-state index contributed by atoms with van der Waals surface area (Å²) in [6, 6.07) is 18.8. The number of urea groups is 1. The largest absolute Gasteiger partial charge is 0.383 e. The molecule has 9 heteroatoms. The summed E-state index contributed by atoms with van der Waals surface area (Å²) in [5.41, 5.74) is 5.55. The van der Waals surface area contributed by atoms with Crippen LogP contribution in [-0.2, 0) is 5.60 Å². The highest BCUT2D eigenvalue weighted by molar-refractivity contribution is 7.80. The number of aliphatic hydroxyl groups is 1. The summed E-state index contributed by atoms with van der Waals surface area (Å²) < 4.78 is 14.2. The molecule has 0 bridgehead atoms. The molecule has 178 valence electrons. The maximum atomic E-state index is 14.2. The minimum absolute atomic E-state index is 0.0120. The average Bonchev–Trinajstić information content (AvgIpc) is 2.84. The fourth-order valence-electron chi connectivity index (χ4n) is 4.39. The summed E-state index contributed by atoms with van der Waals surface area (Å²) in [6.07, 6.45) is 1.48. The van der Waals surface area contributed by atoms with E-state index in [-0.39, 0.29) is 10.6 Å². The van der Waals surface area contributed by atoms with Gasteiger partial charge in [-0.05, 0) is 29.8 Å². The molecule has 1 aliphatic rings. The van der Waals surface area contributed by atoms with Gasteiger partial charge in [0.25, 0.3) is 5.91 Å². The molecule has 7 nitrogen and oxygen atoms in total. The summed E-state index contributed by atoms with van der Waals surface area (Å²) in [6.45, 7) is 1.78. The van der Waals surface area contributed by atoms with Crippen LogP contribution in [0.5, 0.6) is 0 Å². The number of amides is 3. The molecule has 0 fully saturated rings. The van der Waals surface area contributed by atoms with Crippen molar-refractivity contribution in [3.63, 3.8) is 0 Å². The number of carbonyl (C=O) groups excluding carboxylic acids is 2. The summed E-state index contributed by atoms with van der Waals surface area (Å²) >= 11 is 5.40. The van der Waals surface area contributed by atoms with Crippen LogP contribution in [0.2, 0.25) is 0 Å². The quantitative estimate of drug-likeness (QED) is 0.397. The molecule has 35 heavy (non-hydrogen) atoms. The molecule has 0 saturated heterocycles. The number of nitrogens with zero attached hydrogens (tertiary/aromatic N) is 1. The van der Waals surface area contributed by atoms with E-state index in [2.05, 4.69) is 15.6 Å². The lowest BCUT2D eigenvalue weighted by atomic mass is 9.68. The molecule has 0 aromatic heterocycles. The second kappa shape index (κ2) is 9.73. The van der Waals surface area contributed by atoms with Crippen molar-refractivity contribution >= 4 is 46.7 Å². The van der Waals surface area contributed by atoms with E-state index in [0.717, 1.165) is 0 Å². The number of nitrogens with one attached hydrogen (secondary N) is 2. The molecule has 0 radical (unpaired) electrons. The normalized spacial score (nSPS) is 19.3. The van der Waals surface area contributed by atoms with Crippen LogP contribution in [0.15, 0.2) is 77.8 Å². The SMILES string of the molecule is CC(c1ccccc1NC(=O)c1ccccc1F)C1(O)c2ccccc2N=CC1C(=S)NC(N)=O. The molecule has 1 heterocycles. The summed E-state index contributed by atoms with van der Waals surface area (Å²) in [7, 11) is 0. The van der Waals surface area contributed by atoms with Gasteiger partial charge in [-0.3, -0.25) is 9.79 Å². The van der Waals surface area contributed by atoms with Crippen molar-refractivity contribution in [2.75, 3.05) is 5.32 Å². The number of carbonyl (C=O) groups is 2. The molecule has 0 aliphatic carbocycles. The number of para-hydroxylation sites is 2. The lowest BCUT2D eigenvalue weighted by Crippen LogP contribution is -2.51. The minimum atomic E-state index is -1.66. The first-order valence-corrected chi connectivity index (χ1v) is 11.3. The molecule has 1 aliphatic heterocycles. The number of anilines is 1. The Morgan fingerprint density at radius 1 is 1.09 bits per heavy atom. The third-order valence-electron chi connectivity index (χ3n) is 6.16. The summed E-state index contributed by atoms with van der Waals surface area (Å²) in [4.78, 5) is 28.8. The van der Waals surface area contributed by atoms with Crippen LogP contribution in [0.3, 0.4) is 0 Å². The van der Waals surface area contributed by atoms with Crippen LogP contribution in [0.4, 0.5) is 20.6 Å². The van der Waals surface area contributed by atoms with Crippen molar-refractivity contribution < 1.29 is 19.1 Å². The van der Waals surface area contributed by atoms with Crippen LogP contribution in [0.25, 0.3) is 0 Å². The van der Waals surface area contributed by atoms with Gasteiger partial charge in [-0.15, -0.1) is 0 Å². The van der Waals surface area contributed by atoms with Crippen LogP contribution < -0.4 is 16.4 Å². The first-order chi connectivity index (χ1) is 16.7. The van der Waals surface area contributed by atoms with E-state index in [0.29, 0.717) is 22.5 Å². The van der Waals surface area contributed by atoms with Gasteiger partial charge in [0, 0.05) is 23.4 Å². The lowest BCUT2D eigenvalue weighted by Gasteiger charge is -2.43. The molecule has 3 aromatic rings. The molecule has 0 spiro atoms. The Hall–Kier alpha value is -3.95. The van der Waals surface area contributed by atoms with Crippen LogP contribution in [0, 0.1) is 11.7 Å². The van der Waals surface area contributed by atoms with E-state index < -0.39 is 35.2 Å². The van der Waals surface area contributed by atoms with E-state index in [1.165, 1.54) is 24.4 Å². The Kier molecular flexibility index (Phi) is 6.72. The highest BCUT2D eigenvalue weighted by Gasteiger charge is 2.49. The van der Waals surface area contributed by atoms with Gasteiger partial charge in [0.05, 0.1) is 22.2 Å². The van der Waals surface area contributed by atoms with Crippen LogP contribution in [0.1, 0.15) is 34.3 Å². The third-order valence-corrected chi connectivity index (χ3v) is 6.51. The molecule has 4 rings (SSSR count). The van der Waals surface area contributed by atoms with Gasteiger partial charge in [-0.1, -0.05) is 67.7 Å². The summed E-state index contributed by atoms with van der Waals surface area (Å²) in [5, 5.41) is 17.4. The molecule has 3 amide bonds. The Morgan fingerprint density at radius 3 is 2.49 bits per heavy atom. The Labute approximate surface area is 206 Å². The number of benzene rings is 3. The molecular weight excluding hydrogens is 467 g/mol. The number of hydrogen-bond acceptors (Lipinski definition) is 5. The second-order valence-electron chi connectivity index (χ2n) is 8.19. The molecular formula is C26H23FN4O3S. The number of rotatable bonds is 5. The molecule has 3 aromatic carbocycles. The topological polar surface area (TPSA) is 117 Å². The Balaban J connectivity index is 1.78. The highest BCUT2D eigenvalue weighted by atomic mass is 32.1. The predicted octanol–water partition coefficient (Wildman–Crippen LogP) is 4.40. The third kappa shape index (κ3) is 4.55. The predicted molar refractivity (Wildman–Crippen MR) is 137 cm³/mol. The van der Waals surface area contributed by atoms with Crippen LogP contribution in [-0.4, -0.2) is 28.2 Å². The molecule has 3 atom stereocenters. The molecule has 0 saturated carbocycles. The zero-order chi connectivity index (χ0) is 25.2. The number of thiocarbonyl (C=S) groups is 1. The van der Waals surface area contributed by atoms with E-state index in [1.54, 1.807) is 61.5 Å². The number of fused-ring (bicyclic) bond motifs is 1. The van der Waals surface area contributed by atoms with Crippen molar-refractivity contribution in [2.45, 2.75) is 18.4 Å². The Morgan fingerprint density at radius 2 is 1.74 bits per heavy atom. The van der Waals surface area contributed by atoms with Gasteiger partial charge in [-0.2, -0.15) is 0 Å². The zero-order valence-electron chi connectivity index (χ0n) is 18.7. The number of halogens is 1. The Bertz CT molecular complexity index is 1350. The first kappa shape index (κ1) is 24.2. The van der Waals surface area contributed by atoms with E-state index in [4.69, 9.17) is 18.0 Å². The van der Waals surface area contributed by atoms with Gasteiger partial charge >= 0.3 is 6.03 Å². The minimum Gasteiger partial charge on any atom is -0.383 e. The average molecular weight is 491 g/mol. The zero-order valence-corrected chi connectivity index (χ0v) is 19.6. The maximum Gasteiger partial charge on any atom is 0.317 e. The van der Waals surface area contributed by atoms with Crippen LogP contribution >= 0.6 is 12.2 Å². The van der Waals surface area contributed by atoms with Gasteiger partial charge in [0.15, 0.2) is 0 Å². The van der Waals surface area contributed by atoms with Crippen molar-refractivity contribution in [3.8, 4) is 0 Å². The highest BCUT2D eigenvalue weighted by Crippen LogP contribution is 2.49. The van der Waals surface area contributed by atoms with Gasteiger partial charge in [0.2, 0.25) is 0 Å². The van der Waals surface area contributed by atoms with E-state index >= 15 is 0 Å². The van der Waals surface area contributed by atoms with Crippen molar-refractivity contribution in [1.82, 2.24) is 5.32 Å². The molecule has 5 N–H and O–H groups in total. The lowest BCUT2D eigenvalue weighted by molar-refractivity contribution is 0.0000626.